The lowest BCUT2D eigenvalue weighted by Crippen LogP contribution is -2.27. The van der Waals surface area contributed by atoms with Crippen molar-refractivity contribution in [2.75, 3.05) is 26.9 Å². The van der Waals surface area contributed by atoms with Gasteiger partial charge in [0.1, 0.15) is 11.5 Å². The zero-order chi connectivity index (χ0) is 17.7. The third kappa shape index (κ3) is 7.72. The van der Waals surface area contributed by atoms with Crippen LogP contribution in [-0.4, -0.2) is 32.8 Å². The number of hydrogen-bond donors (Lipinski definition) is 1. The Kier molecular flexibility index (Phi) is 8.35. The van der Waals surface area contributed by atoms with Gasteiger partial charge in [0, 0.05) is 13.0 Å². The summed E-state index contributed by atoms with van der Waals surface area (Å²) in [6, 6.07) is 17.4. The van der Waals surface area contributed by atoms with Gasteiger partial charge >= 0.3 is 0 Å². The lowest BCUT2D eigenvalue weighted by molar-refractivity contribution is -0.121. The van der Waals surface area contributed by atoms with Crippen LogP contribution in [0.5, 0.6) is 11.5 Å². The number of benzene rings is 2. The Hall–Kier alpha value is -2.53. The summed E-state index contributed by atoms with van der Waals surface area (Å²) < 4.78 is 16.2. The number of methoxy groups -OCH3 is 1. The second-order valence-corrected chi connectivity index (χ2v) is 5.52. The molecular formula is C20H25NO4. The molecule has 0 spiro atoms. The van der Waals surface area contributed by atoms with E-state index in [0.29, 0.717) is 39.2 Å². The van der Waals surface area contributed by atoms with Crippen molar-refractivity contribution in [3.05, 3.63) is 60.2 Å². The molecule has 0 aliphatic carbocycles. The number of amides is 1. The summed E-state index contributed by atoms with van der Waals surface area (Å²) in [7, 11) is 1.63. The van der Waals surface area contributed by atoms with Crippen LogP contribution >= 0.6 is 0 Å². The van der Waals surface area contributed by atoms with Crippen molar-refractivity contribution in [3.63, 3.8) is 0 Å². The maximum absolute atomic E-state index is 11.7. The molecule has 0 bridgehead atoms. The molecule has 0 aromatic heterocycles. The highest BCUT2D eigenvalue weighted by Gasteiger charge is 2.02. The van der Waals surface area contributed by atoms with Gasteiger partial charge in [0.2, 0.25) is 5.91 Å². The molecule has 0 atom stereocenters. The summed E-state index contributed by atoms with van der Waals surface area (Å²) in [5, 5.41) is 2.85. The maximum atomic E-state index is 11.7. The highest BCUT2D eigenvalue weighted by molar-refractivity contribution is 5.75. The Balaban J connectivity index is 1.48. The molecule has 0 fully saturated rings. The summed E-state index contributed by atoms with van der Waals surface area (Å²) in [5.74, 6) is 1.58. The van der Waals surface area contributed by atoms with Gasteiger partial charge in [0.15, 0.2) is 0 Å². The Morgan fingerprint density at radius 2 is 1.68 bits per heavy atom. The van der Waals surface area contributed by atoms with E-state index in [9.17, 15) is 4.79 Å². The molecule has 0 aliphatic rings. The number of nitrogens with one attached hydrogen (secondary N) is 1. The van der Waals surface area contributed by atoms with E-state index in [1.54, 1.807) is 7.11 Å². The molecule has 0 aliphatic heterocycles. The first-order valence-corrected chi connectivity index (χ1v) is 8.43. The van der Waals surface area contributed by atoms with Crippen molar-refractivity contribution < 1.29 is 19.0 Å². The molecule has 0 saturated heterocycles. The zero-order valence-electron chi connectivity index (χ0n) is 14.6. The fourth-order valence-corrected chi connectivity index (χ4v) is 2.21. The second-order valence-electron chi connectivity index (χ2n) is 5.52. The molecule has 1 N–H and O–H groups in total. The number of rotatable bonds is 11. The lowest BCUT2D eigenvalue weighted by Gasteiger charge is -2.08. The first kappa shape index (κ1) is 18.8. The summed E-state index contributed by atoms with van der Waals surface area (Å²) in [6.45, 7) is 2.09. The minimum Gasteiger partial charge on any atom is -0.497 e. The monoisotopic (exact) mass is 343 g/mol. The predicted molar refractivity (Wildman–Crippen MR) is 96.8 cm³/mol. The zero-order valence-corrected chi connectivity index (χ0v) is 14.6. The Labute approximate surface area is 148 Å². The normalized spacial score (nSPS) is 10.3. The fourth-order valence-electron chi connectivity index (χ4n) is 2.21. The minimum absolute atomic E-state index is 0.0154. The van der Waals surface area contributed by atoms with Crippen LogP contribution in [0, 0.1) is 0 Å². The van der Waals surface area contributed by atoms with Crippen LogP contribution in [0.25, 0.3) is 0 Å². The molecule has 2 rings (SSSR count). The van der Waals surface area contributed by atoms with Crippen LogP contribution in [0.2, 0.25) is 0 Å². The van der Waals surface area contributed by atoms with Crippen LogP contribution in [-0.2, 0) is 16.1 Å². The predicted octanol–water partition coefficient (Wildman–Crippen LogP) is 3.19. The molecule has 0 radical (unpaired) electrons. The molecule has 134 valence electrons. The van der Waals surface area contributed by atoms with Crippen LogP contribution in [0.4, 0.5) is 0 Å². The van der Waals surface area contributed by atoms with E-state index in [2.05, 4.69) is 5.32 Å². The summed E-state index contributed by atoms with van der Waals surface area (Å²) >= 11 is 0. The lowest BCUT2D eigenvalue weighted by atomic mass is 10.2. The average Bonchev–Trinajstić information content (AvgIpc) is 2.66. The molecule has 1 amide bonds. The number of ether oxygens (including phenoxy) is 3. The number of carbonyl (C=O) groups is 1. The molecule has 2 aromatic rings. The SMILES string of the molecule is COc1ccc(OCCCC(=O)NCCOCc2ccccc2)cc1. The second kappa shape index (κ2) is 11.1. The van der Waals surface area contributed by atoms with E-state index in [1.807, 2.05) is 54.6 Å². The smallest absolute Gasteiger partial charge is 0.220 e. The minimum atomic E-state index is 0.0154. The average molecular weight is 343 g/mol. The van der Waals surface area contributed by atoms with E-state index in [1.165, 1.54) is 0 Å². The van der Waals surface area contributed by atoms with Gasteiger partial charge in [-0.2, -0.15) is 0 Å². The van der Waals surface area contributed by atoms with Gasteiger partial charge in [-0.3, -0.25) is 4.79 Å². The van der Waals surface area contributed by atoms with Crippen molar-refractivity contribution >= 4 is 5.91 Å². The quantitative estimate of drug-likeness (QED) is 0.637. The van der Waals surface area contributed by atoms with Gasteiger partial charge < -0.3 is 19.5 Å². The first-order chi connectivity index (χ1) is 12.3. The van der Waals surface area contributed by atoms with Gasteiger partial charge in [-0.25, -0.2) is 0 Å². The molecular weight excluding hydrogens is 318 g/mol. The fraction of sp³-hybridized carbons (Fsp3) is 0.350. The van der Waals surface area contributed by atoms with E-state index < -0.39 is 0 Å². The van der Waals surface area contributed by atoms with Gasteiger partial charge in [0.05, 0.1) is 26.9 Å². The summed E-state index contributed by atoms with van der Waals surface area (Å²) in [6.07, 6.45) is 1.11. The summed E-state index contributed by atoms with van der Waals surface area (Å²) in [5.41, 5.74) is 1.13. The molecule has 0 saturated carbocycles. The maximum Gasteiger partial charge on any atom is 0.220 e. The van der Waals surface area contributed by atoms with Gasteiger partial charge in [-0.1, -0.05) is 30.3 Å². The van der Waals surface area contributed by atoms with Crippen molar-refractivity contribution in [2.24, 2.45) is 0 Å². The highest BCUT2D eigenvalue weighted by Crippen LogP contribution is 2.17. The van der Waals surface area contributed by atoms with Crippen LogP contribution < -0.4 is 14.8 Å². The first-order valence-electron chi connectivity index (χ1n) is 8.43. The van der Waals surface area contributed by atoms with Crippen LogP contribution in [0.1, 0.15) is 18.4 Å². The third-order valence-electron chi connectivity index (χ3n) is 3.56. The van der Waals surface area contributed by atoms with Crippen molar-refractivity contribution in [1.82, 2.24) is 5.32 Å². The van der Waals surface area contributed by atoms with E-state index >= 15 is 0 Å². The van der Waals surface area contributed by atoms with Gasteiger partial charge in [-0.05, 0) is 36.2 Å². The van der Waals surface area contributed by atoms with E-state index in [-0.39, 0.29) is 5.91 Å². The molecule has 5 nitrogen and oxygen atoms in total. The van der Waals surface area contributed by atoms with Crippen LogP contribution in [0.15, 0.2) is 54.6 Å². The number of carbonyl (C=O) groups excluding carboxylic acids is 1. The Morgan fingerprint density at radius 1 is 0.960 bits per heavy atom. The molecule has 2 aromatic carbocycles. The highest BCUT2D eigenvalue weighted by atomic mass is 16.5. The van der Waals surface area contributed by atoms with Crippen molar-refractivity contribution in [2.45, 2.75) is 19.4 Å². The number of hydrogen-bond acceptors (Lipinski definition) is 4. The van der Waals surface area contributed by atoms with Gasteiger partial charge in [0.25, 0.3) is 0 Å². The molecule has 25 heavy (non-hydrogen) atoms. The van der Waals surface area contributed by atoms with Crippen molar-refractivity contribution in [3.8, 4) is 11.5 Å². The van der Waals surface area contributed by atoms with Crippen molar-refractivity contribution in [1.29, 1.82) is 0 Å². The molecule has 0 unspecified atom stereocenters. The van der Waals surface area contributed by atoms with Crippen LogP contribution in [0.3, 0.4) is 0 Å². The summed E-state index contributed by atoms with van der Waals surface area (Å²) in [4.78, 5) is 11.7. The topological polar surface area (TPSA) is 56.8 Å². The van der Waals surface area contributed by atoms with Gasteiger partial charge in [-0.15, -0.1) is 0 Å². The molecule has 0 heterocycles. The standard InChI is InChI=1S/C20H25NO4/c1-23-18-9-11-19(12-10-18)25-14-5-8-20(22)21-13-15-24-16-17-6-3-2-4-7-17/h2-4,6-7,9-12H,5,8,13-16H2,1H3,(H,21,22). The Bertz CT molecular complexity index is 613. The molecule has 5 heteroatoms. The van der Waals surface area contributed by atoms with E-state index in [0.717, 1.165) is 17.1 Å². The Morgan fingerprint density at radius 3 is 2.40 bits per heavy atom. The largest absolute Gasteiger partial charge is 0.497 e. The third-order valence-corrected chi connectivity index (χ3v) is 3.56. The van der Waals surface area contributed by atoms with E-state index in [4.69, 9.17) is 14.2 Å².